The molecule has 0 saturated carbocycles. The van der Waals surface area contributed by atoms with Crippen LogP contribution in [0.25, 0.3) is 0 Å². The monoisotopic (exact) mass is 411 g/mol. The number of likely N-dealkylation sites (N-methyl/N-ethyl adjacent to an activating group) is 1. The molecule has 2 unspecified atom stereocenters. The molecule has 29 heavy (non-hydrogen) atoms. The first-order valence-electron chi connectivity index (χ1n) is 9.32. The fraction of sp³-hybridized carbons (Fsp3) is 0.450. The molecule has 9 heteroatoms. The normalized spacial score (nSPS) is 21.9. The molecule has 3 rings (SSSR count). The number of amides is 1. The summed E-state index contributed by atoms with van der Waals surface area (Å²) in [5, 5.41) is 11.8. The standard InChI is InChI=1S/C20H24F3N3O3/c1-25(19-17(20(21,22)23)3-2-9-24-19)15-8-10-26(11-15)18(28)13-29-16-6-4-14(12-27)5-7-16/h2-7,9,15,19,24,27H,8,10-13H2,1H3. The largest absolute Gasteiger partial charge is 0.484 e. The molecule has 6 nitrogen and oxygen atoms in total. The predicted molar refractivity (Wildman–Crippen MR) is 101 cm³/mol. The Hall–Kier alpha value is -2.52. The van der Waals surface area contributed by atoms with Crippen molar-refractivity contribution in [1.29, 1.82) is 0 Å². The molecular formula is C20H24F3N3O3. The number of nitrogens with zero attached hydrogens (tertiary/aromatic N) is 2. The third kappa shape index (κ3) is 5.10. The van der Waals surface area contributed by atoms with Crippen molar-refractivity contribution in [1.82, 2.24) is 15.1 Å². The molecule has 0 bridgehead atoms. The summed E-state index contributed by atoms with van der Waals surface area (Å²) in [6, 6.07) is 6.56. The number of halogens is 3. The van der Waals surface area contributed by atoms with Crippen molar-refractivity contribution in [2.24, 2.45) is 0 Å². The molecule has 2 aliphatic rings. The Morgan fingerprint density at radius 1 is 1.34 bits per heavy atom. The molecule has 2 aliphatic heterocycles. The first kappa shape index (κ1) is 21.2. The summed E-state index contributed by atoms with van der Waals surface area (Å²) in [4.78, 5) is 15.7. The van der Waals surface area contributed by atoms with E-state index in [1.807, 2.05) is 0 Å². The van der Waals surface area contributed by atoms with Crippen LogP contribution in [-0.2, 0) is 11.4 Å². The van der Waals surface area contributed by atoms with E-state index < -0.39 is 17.9 Å². The number of hydrogen-bond donors (Lipinski definition) is 2. The Morgan fingerprint density at radius 3 is 2.72 bits per heavy atom. The SMILES string of the molecule is CN(C1CCN(C(=O)COc2ccc(CO)cc2)C1)C1NC=CC=C1C(F)(F)F. The van der Waals surface area contributed by atoms with Gasteiger partial charge in [0.25, 0.3) is 5.91 Å². The number of carbonyl (C=O) groups excluding carboxylic acids is 1. The maximum absolute atomic E-state index is 13.3. The van der Waals surface area contributed by atoms with E-state index in [0.717, 1.165) is 11.6 Å². The number of aliphatic hydroxyl groups is 1. The van der Waals surface area contributed by atoms with Crippen molar-refractivity contribution in [3.8, 4) is 5.75 Å². The van der Waals surface area contributed by atoms with E-state index in [1.165, 1.54) is 12.3 Å². The van der Waals surface area contributed by atoms with Gasteiger partial charge in [-0.25, -0.2) is 0 Å². The van der Waals surface area contributed by atoms with Gasteiger partial charge in [0.05, 0.1) is 12.2 Å². The topological polar surface area (TPSA) is 65.0 Å². The lowest BCUT2D eigenvalue weighted by Crippen LogP contribution is -2.52. The zero-order valence-electron chi connectivity index (χ0n) is 16.0. The molecule has 0 spiro atoms. The van der Waals surface area contributed by atoms with E-state index in [0.29, 0.717) is 25.3 Å². The van der Waals surface area contributed by atoms with Gasteiger partial charge in [-0.15, -0.1) is 0 Å². The smallest absolute Gasteiger partial charge is 0.415 e. The summed E-state index contributed by atoms with van der Waals surface area (Å²) < 4.78 is 45.4. The molecule has 2 atom stereocenters. The van der Waals surface area contributed by atoms with E-state index in [4.69, 9.17) is 9.84 Å². The summed E-state index contributed by atoms with van der Waals surface area (Å²) in [6.07, 6.45) is -0.927. The van der Waals surface area contributed by atoms with Gasteiger partial charge >= 0.3 is 6.18 Å². The number of ether oxygens (including phenoxy) is 1. The van der Waals surface area contributed by atoms with Gasteiger partial charge in [0.2, 0.25) is 0 Å². The molecule has 1 saturated heterocycles. The van der Waals surface area contributed by atoms with Gasteiger partial charge in [-0.05, 0) is 49.5 Å². The molecule has 1 aromatic carbocycles. The van der Waals surface area contributed by atoms with Crippen molar-refractivity contribution in [2.45, 2.75) is 31.4 Å². The Labute approximate surface area is 167 Å². The summed E-state index contributed by atoms with van der Waals surface area (Å²) in [7, 11) is 1.63. The molecule has 2 N–H and O–H groups in total. The van der Waals surface area contributed by atoms with Gasteiger partial charge in [0, 0.05) is 19.1 Å². The highest BCUT2D eigenvalue weighted by atomic mass is 19.4. The van der Waals surface area contributed by atoms with E-state index in [9.17, 15) is 18.0 Å². The minimum Gasteiger partial charge on any atom is -0.484 e. The molecule has 0 aromatic heterocycles. The second-order valence-electron chi connectivity index (χ2n) is 7.09. The first-order chi connectivity index (χ1) is 13.8. The second-order valence-corrected chi connectivity index (χ2v) is 7.09. The summed E-state index contributed by atoms with van der Waals surface area (Å²) >= 11 is 0. The highest BCUT2D eigenvalue weighted by molar-refractivity contribution is 5.78. The van der Waals surface area contributed by atoms with E-state index in [-0.39, 0.29) is 25.2 Å². The van der Waals surface area contributed by atoms with Crippen molar-refractivity contribution >= 4 is 5.91 Å². The lowest BCUT2D eigenvalue weighted by atomic mass is 10.1. The Bertz CT molecular complexity index is 777. The fourth-order valence-electron chi connectivity index (χ4n) is 3.50. The van der Waals surface area contributed by atoms with Gasteiger partial charge in [-0.2, -0.15) is 13.2 Å². The molecule has 158 valence electrons. The van der Waals surface area contributed by atoms with E-state index >= 15 is 0 Å². The number of rotatable bonds is 6. The number of hydrogen-bond acceptors (Lipinski definition) is 5. The van der Waals surface area contributed by atoms with Crippen molar-refractivity contribution < 1.29 is 27.8 Å². The maximum atomic E-state index is 13.3. The third-order valence-electron chi connectivity index (χ3n) is 5.22. The molecule has 0 radical (unpaired) electrons. The highest BCUT2D eigenvalue weighted by Gasteiger charge is 2.43. The fourth-order valence-corrected chi connectivity index (χ4v) is 3.50. The summed E-state index contributed by atoms with van der Waals surface area (Å²) in [6.45, 7) is 0.593. The van der Waals surface area contributed by atoms with Crippen LogP contribution in [0.1, 0.15) is 12.0 Å². The zero-order chi connectivity index (χ0) is 21.0. The van der Waals surface area contributed by atoms with Crippen LogP contribution in [0.4, 0.5) is 13.2 Å². The number of nitrogens with one attached hydrogen (secondary N) is 1. The number of benzene rings is 1. The van der Waals surface area contributed by atoms with E-state index in [1.54, 1.807) is 41.1 Å². The van der Waals surface area contributed by atoms with Crippen molar-refractivity contribution in [3.05, 3.63) is 53.8 Å². The molecule has 2 heterocycles. The first-order valence-corrected chi connectivity index (χ1v) is 9.32. The minimum absolute atomic E-state index is 0.0707. The lowest BCUT2D eigenvalue weighted by Gasteiger charge is -2.36. The quantitative estimate of drug-likeness (QED) is 0.750. The Kier molecular flexibility index (Phi) is 6.49. The van der Waals surface area contributed by atoms with Crippen LogP contribution >= 0.6 is 0 Å². The van der Waals surface area contributed by atoms with Gasteiger partial charge < -0.3 is 20.1 Å². The van der Waals surface area contributed by atoms with Gasteiger partial charge in [0.15, 0.2) is 6.61 Å². The number of likely N-dealkylation sites (tertiary alicyclic amines) is 1. The molecular weight excluding hydrogens is 387 g/mol. The highest BCUT2D eigenvalue weighted by Crippen LogP contribution is 2.32. The van der Waals surface area contributed by atoms with Crippen LogP contribution in [0, 0.1) is 0 Å². The second kappa shape index (κ2) is 8.87. The lowest BCUT2D eigenvalue weighted by molar-refractivity contribution is -0.132. The van der Waals surface area contributed by atoms with Crippen LogP contribution < -0.4 is 10.1 Å². The maximum Gasteiger partial charge on any atom is 0.415 e. The molecule has 1 amide bonds. The molecule has 0 aliphatic carbocycles. The zero-order valence-corrected chi connectivity index (χ0v) is 16.0. The van der Waals surface area contributed by atoms with Gasteiger partial charge in [-0.1, -0.05) is 12.1 Å². The summed E-state index contributed by atoms with van der Waals surface area (Å²) in [5.41, 5.74) is 0.0921. The Morgan fingerprint density at radius 2 is 2.07 bits per heavy atom. The summed E-state index contributed by atoms with van der Waals surface area (Å²) in [5.74, 6) is 0.303. The molecule has 1 fully saturated rings. The van der Waals surface area contributed by atoms with Crippen LogP contribution in [0.5, 0.6) is 5.75 Å². The molecule has 1 aromatic rings. The Balaban J connectivity index is 1.54. The van der Waals surface area contributed by atoms with Crippen LogP contribution in [-0.4, -0.2) is 65.9 Å². The number of alkyl halides is 3. The number of aliphatic hydroxyl groups excluding tert-OH is 1. The minimum atomic E-state index is -4.43. The predicted octanol–water partition coefficient (Wildman–Crippen LogP) is 2.02. The van der Waals surface area contributed by atoms with Crippen LogP contribution in [0.3, 0.4) is 0 Å². The van der Waals surface area contributed by atoms with Crippen LogP contribution in [0.15, 0.2) is 48.2 Å². The number of carbonyl (C=O) groups is 1. The van der Waals surface area contributed by atoms with Crippen LogP contribution in [0.2, 0.25) is 0 Å². The van der Waals surface area contributed by atoms with E-state index in [2.05, 4.69) is 5.32 Å². The average molecular weight is 411 g/mol. The number of dihydropyridines is 1. The van der Waals surface area contributed by atoms with Gasteiger partial charge in [0.1, 0.15) is 11.9 Å². The third-order valence-corrected chi connectivity index (χ3v) is 5.22. The number of allylic oxidation sites excluding steroid dienone is 2. The van der Waals surface area contributed by atoms with Crippen molar-refractivity contribution in [3.63, 3.8) is 0 Å². The van der Waals surface area contributed by atoms with Crippen molar-refractivity contribution in [2.75, 3.05) is 26.7 Å². The van der Waals surface area contributed by atoms with Gasteiger partial charge in [-0.3, -0.25) is 9.69 Å². The average Bonchev–Trinajstić information content (AvgIpc) is 3.21.